The van der Waals surface area contributed by atoms with E-state index >= 15 is 0 Å². The van der Waals surface area contributed by atoms with Gasteiger partial charge in [-0.2, -0.15) is 0 Å². The number of hydrogen-bond acceptors (Lipinski definition) is 4. The van der Waals surface area contributed by atoms with Gasteiger partial charge in [0.1, 0.15) is 5.75 Å². The van der Waals surface area contributed by atoms with Crippen molar-refractivity contribution < 1.29 is 9.53 Å². The molecule has 0 aliphatic rings. The number of rotatable bonds is 8. The van der Waals surface area contributed by atoms with Gasteiger partial charge in [0.25, 0.3) is 0 Å². The number of nitrogens with one attached hydrogen (secondary N) is 1. The topological polar surface area (TPSA) is 41.6 Å². The first-order chi connectivity index (χ1) is 10.7. The van der Waals surface area contributed by atoms with Gasteiger partial charge in [-0.1, -0.05) is 25.1 Å². The molecule has 0 saturated carbocycles. The third-order valence-electron chi connectivity index (χ3n) is 3.42. The van der Waals surface area contributed by atoms with Gasteiger partial charge in [-0.15, -0.1) is 11.3 Å². The zero-order valence-corrected chi connectivity index (χ0v) is 13.9. The third kappa shape index (κ3) is 5.16. The number of carbonyl (C=O) groups excluding carboxylic acids is 1. The van der Waals surface area contributed by atoms with Gasteiger partial charge in [0.15, 0.2) is 0 Å². The van der Waals surface area contributed by atoms with E-state index < -0.39 is 0 Å². The molecule has 0 aliphatic carbocycles. The quantitative estimate of drug-likeness (QED) is 0.814. The van der Waals surface area contributed by atoms with Crippen LogP contribution in [-0.4, -0.2) is 31.0 Å². The van der Waals surface area contributed by atoms with Crippen molar-refractivity contribution in [3.05, 3.63) is 52.2 Å². The predicted octanol–water partition coefficient (Wildman–Crippen LogP) is 2.90. The van der Waals surface area contributed by atoms with Crippen LogP contribution in [-0.2, 0) is 17.9 Å². The Labute approximate surface area is 135 Å². The molecule has 2 aromatic rings. The maximum atomic E-state index is 12.1. The lowest BCUT2D eigenvalue weighted by molar-refractivity contribution is -0.122. The number of benzene rings is 1. The van der Waals surface area contributed by atoms with Crippen LogP contribution in [0, 0.1) is 0 Å². The zero-order valence-electron chi connectivity index (χ0n) is 13.0. The molecule has 0 spiro atoms. The Morgan fingerprint density at radius 1 is 1.27 bits per heavy atom. The molecule has 22 heavy (non-hydrogen) atoms. The van der Waals surface area contributed by atoms with Gasteiger partial charge < -0.3 is 10.1 Å². The highest BCUT2D eigenvalue weighted by Crippen LogP contribution is 2.12. The lowest BCUT2D eigenvalue weighted by Crippen LogP contribution is -2.36. The van der Waals surface area contributed by atoms with Crippen LogP contribution < -0.4 is 10.1 Å². The number of likely N-dealkylation sites (N-methyl/N-ethyl adjacent to an activating group) is 1. The smallest absolute Gasteiger partial charge is 0.234 e. The Morgan fingerprint density at radius 3 is 2.64 bits per heavy atom. The van der Waals surface area contributed by atoms with Gasteiger partial charge in [-0.05, 0) is 35.7 Å². The second-order valence-electron chi connectivity index (χ2n) is 5.01. The lowest BCUT2D eigenvalue weighted by atomic mass is 10.2. The Morgan fingerprint density at radius 2 is 2.05 bits per heavy atom. The van der Waals surface area contributed by atoms with Crippen LogP contribution in [0.15, 0.2) is 41.8 Å². The minimum atomic E-state index is 0.0502. The van der Waals surface area contributed by atoms with Crippen LogP contribution in [0.4, 0.5) is 0 Å². The summed E-state index contributed by atoms with van der Waals surface area (Å²) in [5.74, 6) is 0.873. The molecule has 118 valence electrons. The van der Waals surface area contributed by atoms with E-state index in [9.17, 15) is 4.79 Å². The predicted molar refractivity (Wildman–Crippen MR) is 90.1 cm³/mol. The van der Waals surface area contributed by atoms with Crippen LogP contribution in [0.2, 0.25) is 0 Å². The second kappa shape index (κ2) is 8.56. The Kier molecular flexibility index (Phi) is 6.43. The molecule has 0 radical (unpaired) electrons. The first kappa shape index (κ1) is 16.5. The number of hydrogen-bond donors (Lipinski definition) is 1. The van der Waals surface area contributed by atoms with Crippen LogP contribution in [0.1, 0.15) is 17.4 Å². The van der Waals surface area contributed by atoms with Gasteiger partial charge >= 0.3 is 0 Å². The summed E-state index contributed by atoms with van der Waals surface area (Å²) in [4.78, 5) is 15.5. The van der Waals surface area contributed by atoms with Crippen molar-refractivity contribution in [3.8, 4) is 5.75 Å². The molecule has 0 fully saturated rings. The van der Waals surface area contributed by atoms with Crippen molar-refractivity contribution in [1.29, 1.82) is 0 Å². The van der Waals surface area contributed by atoms with E-state index in [4.69, 9.17) is 4.74 Å². The zero-order chi connectivity index (χ0) is 15.8. The van der Waals surface area contributed by atoms with E-state index in [2.05, 4.69) is 28.6 Å². The summed E-state index contributed by atoms with van der Waals surface area (Å²) in [5.41, 5.74) is 1.07. The number of nitrogens with zero attached hydrogens (tertiary/aromatic N) is 1. The van der Waals surface area contributed by atoms with Gasteiger partial charge in [0.2, 0.25) is 5.91 Å². The molecule has 0 saturated heterocycles. The summed E-state index contributed by atoms with van der Waals surface area (Å²) in [6.07, 6.45) is 0. The average molecular weight is 318 g/mol. The third-order valence-corrected chi connectivity index (χ3v) is 4.28. The van der Waals surface area contributed by atoms with Crippen LogP contribution >= 0.6 is 11.3 Å². The Bertz CT molecular complexity index is 567. The highest BCUT2D eigenvalue weighted by atomic mass is 32.1. The van der Waals surface area contributed by atoms with Gasteiger partial charge in [-0.3, -0.25) is 9.69 Å². The van der Waals surface area contributed by atoms with Crippen molar-refractivity contribution >= 4 is 17.2 Å². The first-order valence-electron chi connectivity index (χ1n) is 7.35. The summed E-state index contributed by atoms with van der Waals surface area (Å²) >= 11 is 1.72. The van der Waals surface area contributed by atoms with Crippen molar-refractivity contribution in [2.45, 2.75) is 20.0 Å². The van der Waals surface area contributed by atoms with Gasteiger partial charge in [0, 0.05) is 18.0 Å². The van der Waals surface area contributed by atoms with Crippen LogP contribution in [0.25, 0.3) is 0 Å². The minimum Gasteiger partial charge on any atom is -0.497 e. The normalized spacial score (nSPS) is 10.7. The molecule has 2 rings (SSSR count). The standard InChI is InChI=1S/C17H22N2O2S/c1-3-19(12-16-5-4-10-22-16)13-17(20)18-11-14-6-8-15(21-2)9-7-14/h4-10H,3,11-13H2,1-2H3,(H,18,20). The minimum absolute atomic E-state index is 0.0502. The fourth-order valence-corrected chi connectivity index (χ4v) is 2.85. The van der Waals surface area contributed by atoms with Crippen molar-refractivity contribution in [1.82, 2.24) is 10.2 Å². The molecule has 4 nitrogen and oxygen atoms in total. The molecule has 5 heteroatoms. The first-order valence-corrected chi connectivity index (χ1v) is 8.23. The van der Waals surface area contributed by atoms with Crippen molar-refractivity contribution in [3.63, 3.8) is 0 Å². The summed E-state index contributed by atoms with van der Waals surface area (Å²) in [6, 6.07) is 11.9. The summed E-state index contributed by atoms with van der Waals surface area (Å²) in [6.45, 7) is 4.71. The van der Waals surface area contributed by atoms with E-state index in [1.54, 1.807) is 18.4 Å². The van der Waals surface area contributed by atoms with Crippen LogP contribution in [0.3, 0.4) is 0 Å². The van der Waals surface area contributed by atoms with Crippen LogP contribution in [0.5, 0.6) is 5.75 Å². The number of carbonyl (C=O) groups is 1. The molecule has 1 amide bonds. The van der Waals surface area contributed by atoms with E-state index in [-0.39, 0.29) is 5.91 Å². The molecule has 1 aromatic carbocycles. The Hall–Kier alpha value is -1.85. The van der Waals surface area contributed by atoms with Gasteiger partial charge in [0.05, 0.1) is 13.7 Å². The fraction of sp³-hybridized carbons (Fsp3) is 0.353. The largest absolute Gasteiger partial charge is 0.497 e. The molecule has 0 atom stereocenters. The highest BCUT2D eigenvalue weighted by Gasteiger charge is 2.10. The average Bonchev–Trinajstić information content (AvgIpc) is 3.05. The molecule has 0 unspecified atom stereocenters. The maximum absolute atomic E-state index is 12.1. The van der Waals surface area contributed by atoms with E-state index in [1.807, 2.05) is 30.3 Å². The second-order valence-corrected chi connectivity index (χ2v) is 6.04. The van der Waals surface area contributed by atoms with Gasteiger partial charge in [-0.25, -0.2) is 0 Å². The number of amides is 1. The molecule has 1 heterocycles. The Balaban J connectivity index is 1.78. The number of methoxy groups -OCH3 is 1. The van der Waals surface area contributed by atoms with Crippen molar-refractivity contribution in [2.75, 3.05) is 20.2 Å². The van der Waals surface area contributed by atoms with E-state index in [1.165, 1.54) is 4.88 Å². The van der Waals surface area contributed by atoms with E-state index in [0.717, 1.165) is 24.4 Å². The summed E-state index contributed by atoms with van der Waals surface area (Å²) < 4.78 is 5.12. The molecular formula is C17H22N2O2S. The highest BCUT2D eigenvalue weighted by molar-refractivity contribution is 7.09. The monoisotopic (exact) mass is 318 g/mol. The molecule has 0 bridgehead atoms. The number of thiophene rings is 1. The number of ether oxygens (including phenoxy) is 1. The molecular weight excluding hydrogens is 296 g/mol. The molecule has 0 aliphatic heterocycles. The lowest BCUT2D eigenvalue weighted by Gasteiger charge is -2.19. The SMILES string of the molecule is CCN(CC(=O)NCc1ccc(OC)cc1)Cc1cccs1. The summed E-state index contributed by atoms with van der Waals surface area (Å²) in [7, 11) is 1.64. The van der Waals surface area contributed by atoms with Crippen molar-refractivity contribution in [2.24, 2.45) is 0 Å². The molecule has 1 N–H and O–H groups in total. The molecule has 1 aromatic heterocycles. The fourth-order valence-electron chi connectivity index (χ4n) is 2.11. The maximum Gasteiger partial charge on any atom is 0.234 e. The summed E-state index contributed by atoms with van der Waals surface area (Å²) in [5, 5.41) is 5.03. The van der Waals surface area contributed by atoms with E-state index in [0.29, 0.717) is 13.1 Å².